The fourth-order valence-electron chi connectivity index (χ4n) is 2.33. The minimum absolute atomic E-state index is 0.301. The fraction of sp³-hybridized carbons (Fsp3) is 0.417. The van der Waals surface area contributed by atoms with E-state index in [2.05, 4.69) is 33.0 Å². The summed E-state index contributed by atoms with van der Waals surface area (Å²) in [6.45, 7) is 8.08. The van der Waals surface area contributed by atoms with Gasteiger partial charge in [-0.1, -0.05) is 12.2 Å². The zero-order chi connectivity index (χ0) is 11.8. The third-order valence-corrected chi connectivity index (χ3v) is 3.23. The van der Waals surface area contributed by atoms with Gasteiger partial charge >= 0.3 is 0 Å². The number of nitrogens with one attached hydrogen (secondary N) is 1. The van der Waals surface area contributed by atoms with Gasteiger partial charge in [-0.25, -0.2) is 9.50 Å². The Hall–Kier alpha value is -1.75. The Morgan fingerprint density at radius 2 is 2.41 bits per heavy atom. The lowest BCUT2D eigenvalue weighted by Gasteiger charge is -2.26. The molecule has 2 aromatic heterocycles. The summed E-state index contributed by atoms with van der Waals surface area (Å²) >= 11 is 0. The molecule has 5 heteroatoms. The maximum Gasteiger partial charge on any atom is 0.252 e. The highest BCUT2D eigenvalue weighted by Crippen LogP contribution is 2.27. The van der Waals surface area contributed by atoms with Crippen LogP contribution in [0.25, 0.3) is 5.78 Å². The molecular formula is C12H15N5. The molecule has 17 heavy (non-hydrogen) atoms. The molecule has 0 radical (unpaired) electrons. The summed E-state index contributed by atoms with van der Waals surface area (Å²) in [5, 5.41) is 7.64. The minimum Gasteiger partial charge on any atom is -0.315 e. The van der Waals surface area contributed by atoms with Crippen LogP contribution in [0.15, 0.2) is 24.5 Å². The standard InChI is InChI=1S/C12H15N5/c1-8-3-4-13-6-10(8)11-5-9(2)16-12-14-7-15-17(11)12/h5,7,10,13H,1,3-4,6H2,2H3/t10-/m1/s1. The molecule has 3 heterocycles. The van der Waals surface area contributed by atoms with Gasteiger partial charge in [-0.2, -0.15) is 10.1 Å². The zero-order valence-electron chi connectivity index (χ0n) is 9.85. The van der Waals surface area contributed by atoms with E-state index in [1.54, 1.807) is 6.33 Å². The van der Waals surface area contributed by atoms with Gasteiger partial charge < -0.3 is 5.32 Å². The normalized spacial score (nSPS) is 21.0. The summed E-state index contributed by atoms with van der Waals surface area (Å²) in [5.41, 5.74) is 3.35. The first-order chi connectivity index (χ1) is 8.25. The Balaban J connectivity index is 2.14. The van der Waals surface area contributed by atoms with Gasteiger partial charge in [0.25, 0.3) is 5.78 Å². The molecule has 1 aliphatic heterocycles. The molecule has 0 bridgehead atoms. The van der Waals surface area contributed by atoms with E-state index < -0.39 is 0 Å². The number of aromatic nitrogens is 4. The van der Waals surface area contributed by atoms with Gasteiger partial charge in [-0.05, 0) is 26.0 Å². The van der Waals surface area contributed by atoms with Crippen LogP contribution >= 0.6 is 0 Å². The number of rotatable bonds is 1. The molecular weight excluding hydrogens is 214 g/mol. The van der Waals surface area contributed by atoms with Crippen molar-refractivity contribution in [2.24, 2.45) is 0 Å². The molecule has 0 unspecified atom stereocenters. The highest BCUT2D eigenvalue weighted by Gasteiger charge is 2.22. The van der Waals surface area contributed by atoms with Crippen LogP contribution in [-0.4, -0.2) is 32.7 Å². The Morgan fingerprint density at radius 1 is 1.53 bits per heavy atom. The van der Waals surface area contributed by atoms with Crippen molar-refractivity contribution in [2.45, 2.75) is 19.3 Å². The lowest BCUT2D eigenvalue weighted by Crippen LogP contribution is -2.31. The Kier molecular flexibility index (Phi) is 2.40. The highest BCUT2D eigenvalue weighted by molar-refractivity contribution is 5.35. The SMILES string of the molecule is C=C1CCNC[C@H]1c1cc(C)nc2ncnn12. The largest absolute Gasteiger partial charge is 0.315 e. The van der Waals surface area contributed by atoms with E-state index >= 15 is 0 Å². The second-order valence-electron chi connectivity index (χ2n) is 4.46. The van der Waals surface area contributed by atoms with Crippen molar-refractivity contribution >= 4 is 5.78 Å². The van der Waals surface area contributed by atoms with Crippen LogP contribution in [0, 0.1) is 6.92 Å². The highest BCUT2D eigenvalue weighted by atomic mass is 15.3. The topological polar surface area (TPSA) is 55.1 Å². The maximum atomic E-state index is 4.36. The van der Waals surface area contributed by atoms with E-state index in [-0.39, 0.29) is 0 Å². The van der Waals surface area contributed by atoms with Crippen molar-refractivity contribution in [3.8, 4) is 0 Å². The number of fused-ring (bicyclic) bond motifs is 1. The van der Waals surface area contributed by atoms with Crippen molar-refractivity contribution in [2.75, 3.05) is 13.1 Å². The molecule has 5 nitrogen and oxygen atoms in total. The van der Waals surface area contributed by atoms with Gasteiger partial charge in [-0.15, -0.1) is 0 Å². The minimum atomic E-state index is 0.301. The summed E-state index contributed by atoms with van der Waals surface area (Å²) in [6.07, 6.45) is 2.56. The van der Waals surface area contributed by atoms with Crippen molar-refractivity contribution in [1.82, 2.24) is 24.9 Å². The predicted octanol–water partition coefficient (Wildman–Crippen LogP) is 1.07. The van der Waals surface area contributed by atoms with Gasteiger partial charge in [-0.3, -0.25) is 0 Å². The smallest absolute Gasteiger partial charge is 0.252 e. The number of nitrogens with zero attached hydrogens (tertiary/aromatic N) is 4. The van der Waals surface area contributed by atoms with Gasteiger partial charge in [0.1, 0.15) is 6.33 Å². The van der Waals surface area contributed by atoms with Crippen molar-refractivity contribution in [3.63, 3.8) is 0 Å². The molecule has 1 fully saturated rings. The Labute approximate surface area is 99.6 Å². The van der Waals surface area contributed by atoms with Gasteiger partial charge in [0.05, 0.1) is 5.69 Å². The van der Waals surface area contributed by atoms with E-state index in [1.807, 2.05) is 11.4 Å². The monoisotopic (exact) mass is 229 g/mol. The van der Waals surface area contributed by atoms with Gasteiger partial charge in [0.15, 0.2) is 0 Å². The summed E-state index contributed by atoms with van der Waals surface area (Å²) < 4.78 is 1.82. The van der Waals surface area contributed by atoms with E-state index in [1.165, 1.54) is 5.57 Å². The second-order valence-corrected chi connectivity index (χ2v) is 4.46. The lowest BCUT2D eigenvalue weighted by molar-refractivity contribution is 0.539. The van der Waals surface area contributed by atoms with Crippen LogP contribution in [0.1, 0.15) is 23.7 Å². The molecule has 1 aliphatic rings. The summed E-state index contributed by atoms with van der Waals surface area (Å²) in [5.74, 6) is 0.966. The van der Waals surface area contributed by atoms with Crippen molar-refractivity contribution in [1.29, 1.82) is 0 Å². The fourth-order valence-corrected chi connectivity index (χ4v) is 2.33. The first kappa shape index (κ1) is 10.4. The van der Waals surface area contributed by atoms with Crippen molar-refractivity contribution in [3.05, 3.63) is 35.9 Å². The molecule has 3 rings (SSSR count). The molecule has 1 saturated heterocycles. The molecule has 1 N–H and O–H groups in total. The number of aryl methyl sites for hydroxylation is 1. The van der Waals surface area contributed by atoms with E-state index in [4.69, 9.17) is 0 Å². The van der Waals surface area contributed by atoms with Crippen LogP contribution in [0.3, 0.4) is 0 Å². The third kappa shape index (κ3) is 1.72. The molecule has 1 atom stereocenters. The molecule has 0 spiro atoms. The number of hydrogen-bond acceptors (Lipinski definition) is 4. The quantitative estimate of drug-likeness (QED) is 0.743. The summed E-state index contributed by atoms with van der Waals surface area (Å²) in [6, 6.07) is 2.07. The molecule has 0 saturated carbocycles. The average Bonchev–Trinajstić information content (AvgIpc) is 2.76. The predicted molar refractivity (Wildman–Crippen MR) is 64.9 cm³/mol. The molecule has 0 aromatic carbocycles. The van der Waals surface area contributed by atoms with Crippen LogP contribution in [-0.2, 0) is 0 Å². The Bertz CT molecular complexity index is 571. The van der Waals surface area contributed by atoms with Crippen LogP contribution in [0.5, 0.6) is 0 Å². The van der Waals surface area contributed by atoms with Gasteiger partial charge in [0, 0.05) is 18.2 Å². The van der Waals surface area contributed by atoms with Crippen LogP contribution in [0.4, 0.5) is 0 Å². The van der Waals surface area contributed by atoms with E-state index in [0.29, 0.717) is 11.7 Å². The molecule has 2 aromatic rings. The first-order valence-electron chi connectivity index (χ1n) is 5.81. The average molecular weight is 229 g/mol. The molecule has 0 aliphatic carbocycles. The second kappa shape index (κ2) is 3.92. The molecule has 88 valence electrons. The van der Waals surface area contributed by atoms with Gasteiger partial charge in [0.2, 0.25) is 0 Å². The lowest BCUT2D eigenvalue weighted by atomic mass is 9.91. The maximum absolute atomic E-state index is 4.36. The van der Waals surface area contributed by atoms with E-state index in [0.717, 1.165) is 30.9 Å². The summed E-state index contributed by atoms with van der Waals surface area (Å²) in [4.78, 5) is 8.51. The Morgan fingerprint density at radius 3 is 3.24 bits per heavy atom. The third-order valence-electron chi connectivity index (χ3n) is 3.23. The molecule has 0 amide bonds. The van der Waals surface area contributed by atoms with E-state index in [9.17, 15) is 0 Å². The van der Waals surface area contributed by atoms with Crippen molar-refractivity contribution < 1.29 is 0 Å². The summed E-state index contributed by atoms with van der Waals surface area (Å²) in [7, 11) is 0. The first-order valence-corrected chi connectivity index (χ1v) is 5.81. The number of piperidine rings is 1. The zero-order valence-corrected chi connectivity index (χ0v) is 9.85. The van der Waals surface area contributed by atoms with Crippen LogP contribution < -0.4 is 5.32 Å². The number of hydrogen-bond donors (Lipinski definition) is 1. The van der Waals surface area contributed by atoms with Crippen LogP contribution in [0.2, 0.25) is 0 Å².